The van der Waals surface area contributed by atoms with E-state index in [1.807, 2.05) is 0 Å². The molecule has 0 spiro atoms. The van der Waals surface area contributed by atoms with E-state index >= 15 is 0 Å². The van der Waals surface area contributed by atoms with Crippen molar-refractivity contribution in [1.29, 1.82) is 0 Å². The third kappa shape index (κ3) is 3.54. The molecule has 2 bridgehead atoms. The summed E-state index contributed by atoms with van der Waals surface area (Å²) in [5.41, 5.74) is -7.00. The number of fused-ring (bicyclic) bond motifs is 5. The van der Waals surface area contributed by atoms with E-state index in [4.69, 9.17) is 14.2 Å². The molecule has 10 heteroatoms. The number of carbonyl (C=O) groups excluding carboxylic acids is 5. The lowest BCUT2D eigenvalue weighted by Gasteiger charge is -2.67. The van der Waals surface area contributed by atoms with E-state index in [1.54, 1.807) is 39.0 Å². The van der Waals surface area contributed by atoms with Gasteiger partial charge in [0.25, 0.3) is 0 Å². The van der Waals surface area contributed by atoms with Gasteiger partial charge in [-0.2, -0.15) is 0 Å². The second kappa shape index (κ2) is 8.78. The molecule has 5 rings (SSSR count). The van der Waals surface area contributed by atoms with Crippen LogP contribution in [0.2, 0.25) is 0 Å². The van der Waals surface area contributed by atoms with Crippen molar-refractivity contribution in [2.24, 2.45) is 28.6 Å². The first-order chi connectivity index (χ1) is 18.1. The molecule has 39 heavy (non-hydrogen) atoms. The summed E-state index contributed by atoms with van der Waals surface area (Å²) >= 11 is 0. The molecule has 1 saturated heterocycles. The predicted octanol–water partition coefficient (Wildman–Crippen LogP) is 1.43. The minimum Gasteiger partial charge on any atom is -0.455 e. The molecule has 10 nitrogen and oxygen atoms in total. The van der Waals surface area contributed by atoms with Crippen molar-refractivity contribution in [1.82, 2.24) is 0 Å². The van der Waals surface area contributed by atoms with Gasteiger partial charge in [0.1, 0.15) is 23.6 Å². The second-order valence-corrected chi connectivity index (χ2v) is 12.3. The summed E-state index contributed by atoms with van der Waals surface area (Å²) in [6, 6.07) is 7.99. The van der Waals surface area contributed by atoms with Gasteiger partial charge in [0.15, 0.2) is 5.60 Å². The number of hydrogen-bond donors (Lipinski definition) is 2. The van der Waals surface area contributed by atoms with Gasteiger partial charge >= 0.3 is 11.9 Å². The molecule has 9 atom stereocenters. The van der Waals surface area contributed by atoms with Crippen molar-refractivity contribution in [3.8, 4) is 0 Å². The lowest BCUT2D eigenvalue weighted by atomic mass is 9.42. The van der Waals surface area contributed by atoms with E-state index in [0.717, 1.165) is 0 Å². The predicted molar refractivity (Wildman–Crippen MR) is 133 cm³/mol. The molecule has 210 valence electrons. The molecule has 3 aliphatic carbocycles. The highest BCUT2D eigenvalue weighted by Gasteiger charge is 2.79. The summed E-state index contributed by atoms with van der Waals surface area (Å²) < 4.78 is 17.6. The van der Waals surface area contributed by atoms with Crippen molar-refractivity contribution in [3.63, 3.8) is 0 Å². The number of ketones is 3. The number of aliphatic hydroxyl groups excluding tert-OH is 1. The smallest absolute Gasteiger partial charge is 0.338 e. The SMILES string of the molecule is CC(=O)O[C@@]12CO[C@@H]1C[C@H](O)[C@@]1(C)C(=O)C(=O)C3C(C)C(=O)C[C@@](O)([C@@H](OC(=O)c4ccccc4)[C@H]21)C3(C)C. The first-order valence-electron chi connectivity index (χ1n) is 13.2. The zero-order valence-electron chi connectivity index (χ0n) is 22.6. The zero-order valence-corrected chi connectivity index (χ0v) is 22.6. The van der Waals surface area contributed by atoms with E-state index < -0.39 is 93.8 Å². The Hall–Kier alpha value is -2.95. The van der Waals surface area contributed by atoms with Crippen molar-refractivity contribution >= 4 is 29.3 Å². The van der Waals surface area contributed by atoms with Gasteiger partial charge in [-0.15, -0.1) is 0 Å². The third-order valence-corrected chi connectivity index (χ3v) is 10.0. The molecule has 1 aliphatic heterocycles. The minimum atomic E-state index is -2.17. The van der Waals surface area contributed by atoms with Crippen LogP contribution >= 0.6 is 0 Å². The lowest BCUT2D eigenvalue weighted by Crippen LogP contribution is -2.82. The summed E-state index contributed by atoms with van der Waals surface area (Å²) in [4.78, 5) is 67.4. The molecule has 2 N–H and O–H groups in total. The molecule has 1 aromatic rings. The van der Waals surface area contributed by atoms with Gasteiger partial charge < -0.3 is 24.4 Å². The van der Waals surface area contributed by atoms with Crippen LogP contribution in [0.4, 0.5) is 0 Å². The van der Waals surface area contributed by atoms with Crippen LogP contribution in [0.1, 0.15) is 57.8 Å². The molecule has 3 saturated carbocycles. The fourth-order valence-electron chi connectivity index (χ4n) is 7.74. The van der Waals surface area contributed by atoms with Crippen LogP contribution in [0.25, 0.3) is 0 Å². The lowest BCUT2D eigenvalue weighted by molar-refractivity contribution is -0.346. The summed E-state index contributed by atoms with van der Waals surface area (Å²) in [5, 5.41) is 24.0. The molecule has 0 aromatic heterocycles. The Kier molecular flexibility index (Phi) is 6.21. The zero-order chi connectivity index (χ0) is 28.7. The van der Waals surface area contributed by atoms with Crippen LogP contribution < -0.4 is 0 Å². The van der Waals surface area contributed by atoms with Crippen molar-refractivity contribution in [3.05, 3.63) is 35.9 Å². The highest BCUT2D eigenvalue weighted by Crippen LogP contribution is 2.63. The quantitative estimate of drug-likeness (QED) is 0.424. The molecule has 1 aromatic carbocycles. The average molecular weight is 543 g/mol. The number of rotatable bonds is 3. The molecular formula is C29H34O10. The largest absolute Gasteiger partial charge is 0.455 e. The van der Waals surface area contributed by atoms with Gasteiger partial charge in [0.05, 0.1) is 29.6 Å². The highest BCUT2D eigenvalue weighted by molar-refractivity contribution is 6.41. The monoisotopic (exact) mass is 542 g/mol. The number of esters is 2. The van der Waals surface area contributed by atoms with Crippen LogP contribution in [0, 0.1) is 28.6 Å². The van der Waals surface area contributed by atoms with Crippen LogP contribution in [-0.4, -0.2) is 75.6 Å². The Morgan fingerprint density at radius 3 is 2.28 bits per heavy atom. The third-order valence-electron chi connectivity index (χ3n) is 10.0. The fourth-order valence-corrected chi connectivity index (χ4v) is 7.74. The molecule has 4 aliphatic rings. The molecule has 0 amide bonds. The normalized spacial score (nSPS) is 42.7. The summed E-state index contributed by atoms with van der Waals surface area (Å²) in [6.45, 7) is 7.03. The van der Waals surface area contributed by atoms with E-state index in [9.17, 15) is 34.2 Å². The molecule has 2 unspecified atom stereocenters. The Labute approximate surface area is 226 Å². The van der Waals surface area contributed by atoms with Crippen LogP contribution in [0.5, 0.6) is 0 Å². The molecule has 4 fully saturated rings. The number of ether oxygens (including phenoxy) is 3. The maximum Gasteiger partial charge on any atom is 0.338 e. The van der Waals surface area contributed by atoms with Gasteiger partial charge in [-0.05, 0) is 19.1 Å². The van der Waals surface area contributed by atoms with E-state index in [0.29, 0.717) is 0 Å². The van der Waals surface area contributed by atoms with Gasteiger partial charge in [0.2, 0.25) is 11.6 Å². The Morgan fingerprint density at radius 2 is 1.72 bits per heavy atom. The number of aliphatic hydroxyl groups is 2. The number of hydrogen-bond acceptors (Lipinski definition) is 10. The van der Waals surface area contributed by atoms with Crippen LogP contribution in [0.3, 0.4) is 0 Å². The van der Waals surface area contributed by atoms with E-state index in [2.05, 4.69) is 0 Å². The van der Waals surface area contributed by atoms with Gasteiger partial charge in [-0.3, -0.25) is 19.2 Å². The topological polar surface area (TPSA) is 154 Å². The van der Waals surface area contributed by atoms with Gasteiger partial charge in [0, 0.05) is 37.0 Å². The van der Waals surface area contributed by atoms with E-state index in [1.165, 1.54) is 26.0 Å². The second-order valence-electron chi connectivity index (χ2n) is 12.3. The molecule has 1 heterocycles. The number of benzene rings is 1. The summed E-state index contributed by atoms with van der Waals surface area (Å²) in [5.74, 6) is -7.42. The number of carbonyl (C=O) groups is 5. The molecule has 0 radical (unpaired) electrons. The number of Topliss-reactive ketones (excluding diaryl/α,β-unsaturated/α-hetero) is 3. The Morgan fingerprint density at radius 1 is 1.08 bits per heavy atom. The van der Waals surface area contributed by atoms with Crippen molar-refractivity contribution in [2.45, 2.75) is 77.0 Å². The Balaban J connectivity index is 1.80. The van der Waals surface area contributed by atoms with E-state index in [-0.39, 0.29) is 18.6 Å². The standard InChI is InChI=1S/C29H34O10/c1-14-17(31)12-29(36)24(38-25(35)16-9-7-6-8-10-16)22-27(5,23(34)21(33)20(14)26(29,3)4)18(32)11-19-28(22,13-37-19)39-15(2)30/h6-10,14,18-20,22,24,32,36H,11-13H2,1-5H3/t14?,18-,19+,20?,22-,24-,27+,28-,29+/m0/s1. The van der Waals surface area contributed by atoms with Crippen molar-refractivity contribution in [2.75, 3.05) is 6.61 Å². The summed E-state index contributed by atoms with van der Waals surface area (Å²) in [7, 11) is 0. The average Bonchev–Trinajstić information content (AvgIpc) is 2.87. The molecular weight excluding hydrogens is 508 g/mol. The first-order valence-corrected chi connectivity index (χ1v) is 13.2. The van der Waals surface area contributed by atoms with Crippen LogP contribution in [0.15, 0.2) is 30.3 Å². The maximum absolute atomic E-state index is 14.2. The maximum atomic E-state index is 14.2. The van der Waals surface area contributed by atoms with Crippen molar-refractivity contribution < 1.29 is 48.4 Å². The fraction of sp³-hybridized carbons (Fsp3) is 0.621. The first kappa shape index (κ1) is 27.6. The summed E-state index contributed by atoms with van der Waals surface area (Å²) in [6.07, 6.45) is -4.59. The van der Waals surface area contributed by atoms with Gasteiger partial charge in [-0.1, -0.05) is 39.0 Å². The minimum absolute atomic E-state index is 0.125. The Bertz CT molecular complexity index is 1260. The highest BCUT2D eigenvalue weighted by atomic mass is 16.6. The van der Waals surface area contributed by atoms with Crippen LogP contribution in [-0.2, 0) is 33.4 Å². The van der Waals surface area contributed by atoms with Gasteiger partial charge in [-0.25, -0.2) is 4.79 Å².